The van der Waals surface area contributed by atoms with Crippen LogP contribution in [0.15, 0.2) is 61.2 Å². The molecule has 0 atom stereocenters. The molecule has 0 aliphatic heterocycles. The Morgan fingerprint density at radius 3 is 2.58 bits per heavy atom. The van der Waals surface area contributed by atoms with Crippen molar-refractivity contribution in [3.05, 3.63) is 66.7 Å². The van der Waals surface area contributed by atoms with E-state index in [1.54, 1.807) is 18.5 Å². The second-order valence-corrected chi connectivity index (χ2v) is 7.74. The summed E-state index contributed by atoms with van der Waals surface area (Å²) in [4.78, 5) is 18.7. The number of aromatic hydroxyl groups is 1. The van der Waals surface area contributed by atoms with E-state index < -0.39 is 0 Å². The predicted molar refractivity (Wildman–Crippen MR) is 121 cm³/mol. The molecule has 0 aliphatic rings. The summed E-state index contributed by atoms with van der Waals surface area (Å²) in [5, 5.41) is 12.9. The Bertz CT molecular complexity index is 1350. The van der Waals surface area contributed by atoms with E-state index in [-0.39, 0.29) is 11.8 Å². The number of rotatable bonds is 6. The van der Waals surface area contributed by atoms with Crippen molar-refractivity contribution in [1.82, 2.24) is 29.1 Å². The zero-order valence-corrected chi connectivity index (χ0v) is 17.4. The van der Waals surface area contributed by atoms with Gasteiger partial charge in [-0.2, -0.15) is 9.97 Å². The molecule has 0 spiro atoms. The number of anilines is 1. The van der Waals surface area contributed by atoms with Gasteiger partial charge in [0.1, 0.15) is 12.1 Å². The third kappa shape index (κ3) is 3.56. The summed E-state index contributed by atoms with van der Waals surface area (Å²) in [7, 11) is 0. The maximum atomic E-state index is 9.47. The lowest BCUT2D eigenvalue weighted by atomic mass is 10.1. The van der Waals surface area contributed by atoms with Crippen LogP contribution in [0, 0.1) is 0 Å². The molecule has 8 heteroatoms. The molecule has 3 heterocycles. The minimum Gasteiger partial charge on any atom is -0.508 e. The Labute approximate surface area is 179 Å². The summed E-state index contributed by atoms with van der Waals surface area (Å²) in [5.74, 6) is 1.51. The summed E-state index contributed by atoms with van der Waals surface area (Å²) < 4.78 is 3.95. The van der Waals surface area contributed by atoms with Crippen molar-refractivity contribution in [2.75, 3.05) is 11.9 Å². The number of benzene rings is 2. The van der Waals surface area contributed by atoms with Crippen molar-refractivity contribution in [3.8, 4) is 11.7 Å². The molecular weight excluding hydrogens is 390 g/mol. The van der Waals surface area contributed by atoms with Crippen molar-refractivity contribution in [2.45, 2.75) is 26.3 Å². The Balaban J connectivity index is 1.54. The maximum absolute atomic E-state index is 9.47. The highest BCUT2D eigenvalue weighted by atomic mass is 16.3. The van der Waals surface area contributed by atoms with E-state index in [0.717, 1.165) is 34.2 Å². The zero-order valence-electron chi connectivity index (χ0n) is 17.4. The van der Waals surface area contributed by atoms with Crippen molar-refractivity contribution in [1.29, 1.82) is 0 Å². The Morgan fingerprint density at radius 2 is 1.77 bits per heavy atom. The molecule has 0 unspecified atom stereocenters. The van der Waals surface area contributed by atoms with E-state index in [9.17, 15) is 5.11 Å². The monoisotopic (exact) mass is 413 g/mol. The van der Waals surface area contributed by atoms with Crippen LogP contribution in [0.5, 0.6) is 5.75 Å². The molecule has 2 N–H and O–H groups in total. The molecule has 5 aromatic rings. The molecular formula is C23H23N7O. The van der Waals surface area contributed by atoms with E-state index in [0.29, 0.717) is 18.3 Å². The Morgan fingerprint density at radius 1 is 0.968 bits per heavy atom. The zero-order chi connectivity index (χ0) is 21.4. The standard InChI is InChI=1S/C23H23N7O/c1-15(2)29-14-26-20-21(24-12-11-16-7-9-17(31)10-8-16)27-23(28-22(20)29)30-13-25-18-5-3-4-6-19(18)30/h3-10,13-15,31H,11-12H2,1-2H3,(H,24,27,28). The first-order chi connectivity index (χ1) is 15.1. The summed E-state index contributed by atoms with van der Waals surface area (Å²) in [5.41, 5.74) is 4.50. The summed E-state index contributed by atoms with van der Waals surface area (Å²) >= 11 is 0. The number of hydrogen-bond acceptors (Lipinski definition) is 6. The van der Waals surface area contributed by atoms with Crippen LogP contribution in [0.3, 0.4) is 0 Å². The number of para-hydroxylation sites is 2. The molecule has 0 bridgehead atoms. The van der Waals surface area contributed by atoms with Crippen LogP contribution in [0.4, 0.5) is 5.82 Å². The molecule has 0 saturated heterocycles. The first-order valence-corrected chi connectivity index (χ1v) is 10.3. The van der Waals surface area contributed by atoms with E-state index in [1.807, 2.05) is 51.9 Å². The lowest BCUT2D eigenvalue weighted by Gasteiger charge is -2.12. The maximum Gasteiger partial charge on any atom is 0.239 e. The first-order valence-electron chi connectivity index (χ1n) is 10.3. The predicted octanol–water partition coefficient (Wildman–Crippen LogP) is 4.11. The van der Waals surface area contributed by atoms with Gasteiger partial charge in [0.15, 0.2) is 17.0 Å². The van der Waals surface area contributed by atoms with Crippen molar-refractivity contribution < 1.29 is 5.11 Å². The van der Waals surface area contributed by atoms with Gasteiger partial charge in [0, 0.05) is 12.6 Å². The number of aromatic nitrogens is 6. The van der Waals surface area contributed by atoms with E-state index in [2.05, 4.69) is 29.1 Å². The minimum absolute atomic E-state index is 0.220. The number of nitrogens with zero attached hydrogens (tertiary/aromatic N) is 6. The van der Waals surface area contributed by atoms with Gasteiger partial charge in [-0.1, -0.05) is 24.3 Å². The summed E-state index contributed by atoms with van der Waals surface area (Å²) in [6.45, 7) is 4.89. The first kappa shape index (κ1) is 19.0. The van der Waals surface area contributed by atoms with Crippen molar-refractivity contribution >= 4 is 28.0 Å². The smallest absolute Gasteiger partial charge is 0.239 e. The van der Waals surface area contributed by atoms with Gasteiger partial charge in [-0.3, -0.25) is 4.57 Å². The molecule has 5 rings (SSSR count). The van der Waals surface area contributed by atoms with Crippen molar-refractivity contribution in [3.63, 3.8) is 0 Å². The molecule has 2 aromatic carbocycles. The number of phenols is 1. The highest BCUT2D eigenvalue weighted by Crippen LogP contribution is 2.24. The average molecular weight is 413 g/mol. The Hall–Kier alpha value is -3.94. The van der Waals surface area contributed by atoms with Gasteiger partial charge in [-0.15, -0.1) is 0 Å². The number of imidazole rings is 2. The van der Waals surface area contributed by atoms with Crippen LogP contribution in [0.2, 0.25) is 0 Å². The number of phenolic OH excluding ortho intramolecular Hbond substituents is 1. The third-order valence-corrected chi connectivity index (χ3v) is 5.28. The van der Waals surface area contributed by atoms with Crippen LogP contribution in [0.25, 0.3) is 28.1 Å². The lowest BCUT2D eigenvalue weighted by Crippen LogP contribution is -2.11. The molecule has 0 fully saturated rings. The normalized spacial score (nSPS) is 11.6. The number of hydrogen-bond donors (Lipinski definition) is 2. The van der Waals surface area contributed by atoms with E-state index in [4.69, 9.17) is 9.97 Å². The van der Waals surface area contributed by atoms with Gasteiger partial charge in [-0.25, -0.2) is 9.97 Å². The van der Waals surface area contributed by atoms with Gasteiger partial charge in [0.25, 0.3) is 0 Å². The minimum atomic E-state index is 0.220. The average Bonchev–Trinajstić information content (AvgIpc) is 3.39. The highest BCUT2D eigenvalue weighted by molar-refractivity contribution is 5.84. The second kappa shape index (κ2) is 7.71. The molecule has 31 heavy (non-hydrogen) atoms. The van der Waals surface area contributed by atoms with Crippen LogP contribution >= 0.6 is 0 Å². The number of fused-ring (bicyclic) bond motifs is 2. The van der Waals surface area contributed by atoms with Gasteiger partial charge in [-0.05, 0) is 50.1 Å². The largest absolute Gasteiger partial charge is 0.508 e. The van der Waals surface area contributed by atoms with Gasteiger partial charge < -0.3 is 15.0 Å². The molecule has 0 amide bonds. The van der Waals surface area contributed by atoms with Gasteiger partial charge in [0.05, 0.1) is 17.4 Å². The Kier molecular flexibility index (Phi) is 4.74. The SMILES string of the molecule is CC(C)n1cnc2c(NCCc3ccc(O)cc3)nc(-n3cnc4ccccc43)nc21. The van der Waals surface area contributed by atoms with Crippen molar-refractivity contribution in [2.24, 2.45) is 0 Å². The molecule has 0 radical (unpaired) electrons. The molecule has 0 saturated carbocycles. The summed E-state index contributed by atoms with van der Waals surface area (Å²) in [6.07, 6.45) is 4.35. The van der Waals surface area contributed by atoms with Gasteiger partial charge in [0.2, 0.25) is 5.95 Å². The fraction of sp³-hybridized carbons (Fsp3) is 0.217. The van der Waals surface area contributed by atoms with Crippen LogP contribution in [-0.2, 0) is 6.42 Å². The van der Waals surface area contributed by atoms with Crippen LogP contribution in [-0.4, -0.2) is 40.7 Å². The lowest BCUT2D eigenvalue weighted by molar-refractivity contribution is 0.475. The molecule has 3 aromatic heterocycles. The second-order valence-electron chi connectivity index (χ2n) is 7.74. The molecule has 156 valence electrons. The van der Waals surface area contributed by atoms with E-state index in [1.165, 1.54) is 0 Å². The fourth-order valence-electron chi connectivity index (χ4n) is 3.62. The quantitative estimate of drug-likeness (QED) is 0.435. The topological polar surface area (TPSA) is 93.7 Å². The highest BCUT2D eigenvalue weighted by Gasteiger charge is 2.17. The molecule has 8 nitrogen and oxygen atoms in total. The van der Waals surface area contributed by atoms with Crippen LogP contribution in [0.1, 0.15) is 25.5 Å². The third-order valence-electron chi connectivity index (χ3n) is 5.28. The number of nitrogens with one attached hydrogen (secondary N) is 1. The molecule has 0 aliphatic carbocycles. The van der Waals surface area contributed by atoms with Gasteiger partial charge >= 0.3 is 0 Å². The summed E-state index contributed by atoms with van der Waals surface area (Å²) in [6, 6.07) is 15.4. The fourth-order valence-corrected chi connectivity index (χ4v) is 3.62. The van der Waals surface area contributed by atoms with E-state index >= 15 is 0 Å². The van der Waals surface area contributed by atoms with Crippen LogP contribution < -0.4 is 5.32 Å².